The fraction of sp³-hybridized carbons (Fsp3) is 0.310. The molecule has 0 saturated heterocycles. The summed E-state index contributed by atoms with van der Waals surface area (Å²) in [7, 11) is 0. The molecule has 0 aliphatic carbocycles. The van der Waals surface area contributed by atoms with Crippen molar-refractivity contribution in [3.63, 3.8) is 0 Å². The molecule has 1 atom stereocenters. The third kappa shape index (κ3) is 5.67. The van der Waals surface area contributed by atoms with Gasteiger partial charge in [0.2, 0.25) is 5.91 Å². The summed E-state index contributed by atoms with van der Waals surface area (Å²) in [5.74, 6) is -1.56. The van der Waals surface area contributed by atoms with Gasteiger partial charge in [-0.1, -0.05) is 24.3 Å². The van der Waals surface area contributed by atoms with Crippen LogP contribution in [0.15, 0.2) is 54.6 Å². The number of fused-ring (bicyclic) bond motifs is 1. The van der Waals surface area contributed by atoms with E-state index in [0.717, 1.165) is 18.1 Å². The molecule has 1 aliphatic heterocycles. The van der Waals surface area contributed by atoms with Crippen molar-refractivity contribution >= 4 is 11.9 Å². The Labute approximate surface area is 218 Å². The maximum atomic E-state index is 14.4. The normalized spacial score (nSPS) is 14.4. The zero-order chi connectivity index (χ0) is 27.8. The molecule has 3 aromatic rings. The molecule has 3 N–H and O–H groups in total. The average Bonchev–Trinajstić information content (AvgIpc) is 2.85. The number of hydrogen-bond acceptors (Lipinski definition) is 4. The summed E-state index contributed by atoms with van der Waals surface area (Å²) in [6, 6.07) is 13.3. The smallest absolute Gasteiger partial charge is 0.416 e. The van der Waals surface area contributed by atoms with Crippen LogP contribution in [0.2, 0.25) is 0 Å². The van der Waals surface area contributed by atoms with E-state index in [-0.39, 0.29) is 11.1 Å². The Morgan fingerprint density at radius 2 is 1.66 bits per heavy atom. The highest BCUT2D eigenvalue weighted by Crippen LogP contribution is 2.47. The fourth-order valence-corrected chi connectivity index (χ4v) is 4.61. The van der Waals surface area contributed by atoms with Crippen molar-refractivity contribution in [3.8, 4) is 28.0 Å². The van der Waals surface area contributed by atoms with Gasteiger partial charge in [-0.2, -0.15) is 13.2 Å². The lowest BCUT2D eigenvalue weighted by Crippen LogP contribution is -2.29. The fourth-order valence-electron chi connectivity index (χ4n) is 4.61. The van der Waals surface area contributed by atoms with Gasteiger partial charge in [0.1, 0.15) is 5.75 Å². The van der Waals surface area contributed by atoms with Gasteiger partial charge < -0.3 is 20.3 Å². The van der Waals surface area contributed by atoms with E-state index in [0.29, 0.717) is 35.5 Å². The zero-order valence-corrected chi connectivity index (χ0v) is 21.2. The Balaban J connectivity index is 2.09. The second-order valence-corrected chi connectivity index (χ2v) is 10.1. The Morgan fingerprint density at radius 1 is 1.00 bits per heavy atom. The summed E-state index contributed by atoms with van der Waals surface area (Å²) in [6.45, 7) is 5.29. The molecule has 9 heteroatoms. The largest absolute Gasteiger partial charge is 0.493 e. The SMILES string of the molecule is CC(C)(C)OC(C(=O)O)c1c(C(F)(F)F)ccc(-c2ccc(C(N)=O)cc2)c1-c1ccc2c(c1)CCCO2. The Morgan fingerprint density at radius 3 is 2.24 bits per heavy atom. The van der Waals surface area contributed by atoms with E-state index in [2.05, 4.69) is 0 Å². The quantitative estimate of drug-likeness (QED) is 0.386. The Bertz CT molecular complexity index is 1370. The highest BCUT2D eigenvalue weighted by Gasteiger charge is 2.41. The lowest BCUT2D eigenvalue weighted by Gasteiger charge is -2.30. The van der Waals surface area contributed by atoms with Gasteiger partial charge in [0.05, 0.1) is 17.8 Å². The molecule has 4 rings (SSSR count). The van der Waals surface area contributed by atoms with Crippen LogP contribution < -0.4 is 10.5 Å². The van der Waals surface area contributed by atoms with Crippen molar-refractivity contribution in [2.45, 2.75) is 51.5 Å². The van der Waals surface area contributed by atoms with E-state index < -0.39 is 40.9 Å². The van der Waals surface area contributed by atoms with E-state index in [9.17, 15) is 27.9 Å². The summed E-state index contributed by atoms with van der Waals surface area (Å²) >= 11 is 0. The van der Waals surface area contributed by atoms with Crippen LogP contribution in [0.3, 0.4) is 0 Å². The number of hydrogen-bond donors (Lipinski definition) is 2. The third-order valence-corrected chi connectivity index (χ3v) is 6.19. The monoisotopic (exact) mass is 527 g/mol. The number of amides is 1. The lowest BCUT2D eigenvalue weighted by atomic mass is 9.84. The van der Waals surface area contributed by atoms with E-state index in [4.69, 9.17) is 15.2 Å². The van der Waals surface area contributed by atoms with Gasteiger partial charge in [-0.3, -0.25) is 4.79 Å². The first kappa shape index (κ1) is 27.2. The van der Waals surface area contributed by atoms with Crippen LogP contribution in [0.4, 0.5) is 13.2 Å². The molecule has 0 fully saturated rings. The summed E-state index contributed by atoms with van der Waals surface area (Å²) in [6.07, 6.45) is -5.36. The first-order chi connectivity index (χ1) is 17.8. The highest BCUT2D eigenvalue weighted by molar-refractivity contribution is 5.95. The minimum absolute atomic E-state index is 0.0803. The van der Waals surface area contributed by atoms with Crippen LogP contribution in [-0.4, -0.2) is 29.2 Å². The minimum atomic E-state index is -4.86. The van der Waals surface area contributed by atoms with E-state index in [1.54, 1.807) is 51.1 Å². The van der Waals surface area contributed by atoms with Crippen LogP contribution in [0.1, 0.15) is 60.3 Å². The van der Waals surface area contributed by atoms with E-state index >= 15 is 0 Å². The predicted octanol–water partition coefficient (Wildman–Crippen LogP) is 6.40. The maximum absolute atomic E-state index is 14.4. The maximum Gasteiger partial charge on any atom is 0.416 e. The van der Waals surface area contributed by atoms with Gasteiger partial charge in [-0.05, 0) is 91.8 Å². The number of carboxylic acids is 1. The number of carbonyl (C=O) groups excluding carboxylic acids is 1. The van der Waals surface area contributed by atoms with E-state index in [1.165, 1.54) is 18.2 Å². The van der Waals surface area contributed by atoms with Gasteiger partial charge in [0.15, 0.2) is 6.10 Å². The molecule has 6 nitrogen and oxygen atoms in total. The van der Waals surface area contributed by atoms with Crippen LogP contribution >= 0.6 is 0 Å². The number of benzene rings is 3. The number of aryl methyl sites for hydroxylation is 1. The van der Waals surface area contributed by atoms with Crippen molar-refractivity contribution in [3.05, 3.63) is 76.9 Å². The minimum Gasteiger partial charge on any atom is -0.493 e. The molecule has 1 aliphatic rings. The summed E-state index contributed by atoms with van der Waals surface area (Å²) < 4.78 is 54.7. The van der Waals surface area contributed by atoms with Crippen molar-refractivity contribution in [1.29, 1.82) is 0 Å². The van der Waals surface area contributed by atoms with Gasteiger partial charge in [-0.25, -0.2) is 4.79 Å². The van der Waals surface area contributed by atoms with Crippen LogP contribution in [-0.2, 0) is 22.1 Å². The lowest BCUT2D eigenvalue weighted by molar-refractivity contribution is -0.163. The number of nitrogens with two attached hydrogens (primary N) is 1. The molecule has 38 heavy (non-hydrogen) atoms. The Hall–Kier alpha value is -3.85. The molecule has 0 aromatic heterocycles. The number of alkyl halides is 3. The Kier molecular flexibility index (Phi) is 7.25. The molecular formula is C29H28F3NO5. The van der Waals surface area contributed by atoms with E-state index in [1.807, 2.05) is 0 Å². The van der Waals surface area contributed by atoms with Crippen molar-refractivity contribution in [2.24, 2.45) is 5.73 Å². The molecule has 0 radical (unpaired) electrons. The van der Waals surface area contributed by atoms with Crippen LogP contribution in [0.25, 0.3) is 22.3 Å². The number of primary amides is 1. The molecule has 0 spiro atoms. The van der Waals surface area contributed by atoms with Crippen LogP contribution in [0, 0.1) is 0 Å². The second-order valence-electron chi connectivity index (χ2n) is 10.1. The third-order valence-electron chi connectivity index (χ3n) is 6.19. The first-order valence-electron chi connectivity index (χ1n) is 12.1. The molecule has 3 aromatic carbocycles. The number of carboxylic acid groups (broad SMARTS) is 1. The van der Waals surface area contributed by atoms with Gasteiger partial charge in [-0.15, -0.1) is 0 Å². The number of aliphatic carboxylic acids is 1. The standard InChI is InChI=1S/C29H28F3NO5/c1-28(2,3)38-25(27(35)36)24-21(29(30,31)32)12-11-20(16-6-8-17(9-7-16)26(33)34)23(24)19-10-13-22-18(15-19)5-4-14-37-22/h6-13,15,25H,4-5,14H2,1-3H3,(H2,33,34)(H,35,36). The predicted molar refractivity (Wildman–Crippen MR) is 136 cm³/mol. The summed E-state index contributed by atoms with van der Waals surface area (Å²) in [5.41, 5.74) is 5.05. The highest BCUT2D eigenvalue weighted by atomic mass is 19.4. The van der Waals surface area contributed by atoms with Crippen LogP contribution in [0.5, 0.6) is 5.75 Å². The molecule has 1 amide bonds. The topological polar surface area (TPSA) is 98.9 Å². The molecule has 0 bridgehead atoms. The molecule has 200 valence electrons. The molecular weight excluding hydrogens is 499 g/mol. The number of ether oxygens (including phenoxy) is 2. The second kappa shape index (κ2) is 10.1. The van der Waals surface area contributed by atoms with Crippen molar-refractivity contribution in [1.82, 2.24) is 0 Å². The molecule has 1 unspecified atom stereocenters. The van der Waals surface area contributed by atoms with Crippen molar-refractivity contribution in [2.75, 3.05) is 6.61 Å². The summed E-state index contributed by atoms with van der Waals surface area (Å²) in [4.78, 5) is 24.1. The average molecular weight is 528 g/mol. The van der Waals surface area contributed by atoms with Gasteiger partial charge in [0, 0.05) is 11.1 Å². The number of halogens is 3. The number of carbonyl (C=O) groups is 2. The zero-order valence-electron chi connectivity index (χ0n) is 21.2. The van der Waals surface area contributed by atoms with Crippen molar-refractivity contribution < 1.29 is 37.3 Å². The molecule has 1 heterocycles. The summed E-state index contributed by atoms with van der Waals surface area (Å²) in [5, 5.41) is 10.1. The first-order valence-corrected chi connectivity index (χ1v) is 12.1. The van der Waals surface area contributed by atoms with Gasteiger partial charge in [0.25, 0.3) is 0 Å². The molecule has 0 saturated carbocycles. The van der Waals surface area contributed by atoms with Gasteiger partial charge >= 0.3 is 12.1 Å². The number of rotatable bonds is 6.